The number of aromatic amines is 1. The van der Waals surface area contributed by atoms with Crippen molar-refractivity contribution < 1.29 is 4.74 Å². The van der Waals surface area contributed by atoms with E-state index >= 15 is 0 Å². The molecule has 0 bridgehead atoms. The first-order chi connectivity index (χ1) is 9.72. The molecule has 1 aromatic heterocycles. The molecule has 1 aromatic carbocycles. The Labute approximate surface area is 120 Å². The molecular weight excluding hydrogens is 250 g/mol. The van der Waals surface area contributed by atoms with Crippen molar-refractivity contribution in [3.63, 3.8) is 0 Å². The second-order valence-corrected chi connectivity index (χ2v) is 5.22. The number of para-hydroxylation sites is 1. The molecule has 0 aliphatic rings. The van der Waals surface area contributed by atoms with Crippen molar-refractivity contribution in [2.45, 2.75) is 27.3 Å². The molecule has 20 heavy (non-hydrogen) atoms. The van der Waals surface area contributed by atoms with Crippen molar-refractivity contribution in [3.8, 4) is 17.0 Å². The molecule has 1 heterocycles. The molecule has 4 nitrogen and oxygen atoms in total. The number of rotatable bonds is 7. The van der Waals surface area contributed by atoms with Crippen LogP contribution in [0.2, 0.25) is 0 Å². The van der Waals surface area contributed by atoms with Crippen LogP contribution in [0, 0.1) is 5.92 Å². The van der Waals surface area contributed by atoms with E-state index in [1.807, 2.05) is 31.3 Å². The average Bonchev–Trinajstić information content (AvgIpc) is 2.88. The van der Waals surface area contributed by atoms with E-state index in [4.69, 9.17) is 4.74 Å². The van der Waals surface area contributed by atoms with Gasteiger partial charge in [-0.25, -0.2) is 0 Å². The first kappa shape index (κ1) is 14.6. The van der Waals surface area contributed by atoms with Gasteiger partial charge in [-0.05, 0) is 31.5 Å². The van der Waals surface area contributed by atoms with Crippen molar-refractivity contribution in [3.05, 3.63) is 36.0 Å². The molecule has 0 saturated carbocycles. The van der Waals surface area contributed by atoms with Crippen molar-refractivity contribution in [1.82, 2.24) is 15.5 Å². The SMILES string of the molecule is CCOc1ccccc1-c1[nH]ncc1CNCC(C)C. The highest BCUT2D eigenvalue weighted by Crippen LogP contribution is 2.30. The number of ether oxygens (including phenoxy) is 1. The van der Waals surface area contributed by atoms with E-state index < -0.39 is 0 Å². The maximum atomic E-state index is 5.69. The lowest BCUT2D eigenvalue weighted by Gasteiger charge is -2.11. The first-order valence-electron chi connectivity index (χ1n) is 7.17. The highest BCUT2D eigenvalue weighted by Gasteiger charge is 2.12. The van der Waals surface area contributed by atoms with Gasteiger partial charge in [-0.15, -0.1) is 0 Å². The Morgan fingerprint density at radius 2 is 2.10 bits per heavy atom. The van der Waals surface area contributed by atoms with Crippen LogP contribution in [0.5, 0.6) is 5.75 Å². The number of nitrogens with zero attached hydrogens (tertiary/aromatic N) is 1. The van der Waals surface area contributed by atoms with Crippen LogP contribution in [-0.4, -0.2) is 23.3 Å². The fraction of sp³-hybridized carbons (Fsp3) is 0.438. The van der Waals surface area contributed by atoms with E-state index in [1.54, 1.807) is 0 Å². The van der Waals surface area contributed by atoms with Gasteiger partial charge >= 0.3 is 0 Å². The summed E-state index contributed by atoms with van der Waals surface area (Å²) in [5.41, 5.74) is 3.26. The normalized spacial score (nSPS) is 11.0. The van der Waals surface area contributed by atoms with Crippen LogP contribution in [0.1, 0.15) is 26.3 Å². The quantitative estimate of drug-likeness (QED) is 0.814. The maximum absolute atomic E-state index is 5.69. The summed E-state index contributed by atoms with van der Waals surface area (Å²) in [6.07, 6.45) is 1.88. The zero-order valence-corrected chi connectivity index (χ0v) is 12.4. The molecule has 0 aliphatic carbocycles. The van der Waals surface area contributed by atoms with Crippen LogP contribution in [0.15, 0.2) is 30.5 Å². The second kappa shape index (κ2) is 7.10. The molecule has 0 spiro atoms. The van der Waals surface area contributed by atoms with Crippen LogP contribution >= 0.6 is 0 Å². The summed E-state index contributed by atoms with van der Waals surface area (Å²) in [6, 6.07) is 8.06. The Kier molecular flexibility index (Phi) is 5.18. The minimum absolute atomic E-state index is 0.640. The summed E-state index contributed by atoms with van der Waals surface area (Å²) in [5, 5.41) is 10.7. The summed E-state index contributed by atoms with van der Waals surface area (Å²) in [5.74, 6) is 1.53. The van der Waals surface area contributed by atoms with E-state index in [0.717, 1.165) is 35.7 Å². The number of nitrogens with one attached hydrogen (secondary N) is 2. The van der Waals surface area contributed by atoms with Crippen LogP contribution in [0.4, 0.5) is 0 Å². The number of benzene rings is 1. The molecule has 108 valence electrons. The second-order valence-electron chi connectivity index (χ2n) is 5.22. The molecule has 0 amide bonds. The topological polar surface area (TPSA) is 49.9 Å². The molecule has 2 aromatic rings. The van der Waals surface area contributed by atoms with E-state index in [2.05, 4.69) is 35.4 Å². The molecule has 0 saturated heterocycles. The van der Waals surface area contributed by atoms with Gasteiger partial charge in [0.2, 0.25) is 0 Å². The third kappa shape index (κ3) is 3.61. The summed E-state index contributed by atoms with van der Waals surface area (Å²) in [6.45, 7) is 8.87. The number of hydrogen-bond acceptors (Lipinski definition) is 3. The number of H-pyrrole nitrogens is 1. The van der Waals surface area contributed by atoms with Crippen molar-refractivity contribution >= 4 is 0 Å². The largest absolute Gasteiger partial charge is 0.493 e. The molecule has 0 aliphatic heterocycles. The fourth-order valence-electron chi connectivity index (χ4n) is 2.13. The first-order valence-corrected chi connectivity index (χ1v) is 7.17. The smallest absolute Gasteiger partial charge is 0.128 e. The van der Waals surface area contributed by atoms with Crippen LogP contribution in [0.3, 0.4) is 0 Å². The van der Waals surface area contributed by atoms with Gasteiger partial charge in [0.1, 0.15) is 5.75 Å². The lowest BCUT2D eigenvalue weighted by molar-refractivity contribution is 0.341. The van der Waals surface area contributed by atoms with Gasteiger partial charge in [0, 0.05) is 17.7 Å². The van der Waals surface area contributed by atoms with Gasteiger partial charge in [-0.3, -0.25) is 5.10 Å². The van der Waals surface area contributed by atoms with Crippen molar-refractivity contribution in [2.75, 3.05) is 13.2 Å². The third-order valence-electron chi connectivity index (χ3n) is 3.04. The molecule has 2 N–H and O–H groups in total. The number of hydrogen-bond donors (Lipinski definition) is 2. The molecule has 2 rings (SSSR count). The van der Waals surface area contributed by atoms with Crippen molar-refractivity contribution in [2.24, 2.45) is 5.92 Å². The highest BCUT2D eigenvalue weighted by molar-refractivity contribution is 5.69. The highest BCUT2D eigenvalue weighted by atomic mass is 16.5. The Bertz CT molecular complexity index is 534. The molecule has 0 unspecified atom stereocenters. The predicted octanol–water partition coefficient (Wildman–Crippen LogP) is 3.22. The Balaban J connectivity index is 2.19. The monoisotopic (exact) mass is 273 g/mol. The van der Waals surface area contributed by atoms with Crippen LogP contribution < -0.4 is 10.1 Å². The van der Waals surface area contributed by atoms with Gasteiger partial charge in [-0.1, -0.05) is 26.0 Å². The fourth-order valence-corrected chi connectivity index (χ4v) is 2.13. The number of aromatic nitrogens is 2. The molecule has 0 fully saturated rings. The van der Waals surface area contributed by atoms with Gasteiger partial charge in [0.05, 0.1) is 18.5 Å². The lowest BCUT2D eigenvalue weighted by Crippen LogP contribution is -2.19. The minimum Gasteiger partial charge on any atom is -0.493 e. The van der Waals surface area contributed by atoms with Gasteiger partial charge in [0.15, 0.2) is 0 Å². The summed E-state index contributed by atoms with van der Waals surface area (Å²) >= 11 is 0. The van der Waals surface area contributed by atoms with E-state index in [0.29, 0.717) is 12.5 Å². The van der Waals surface area contributed by atoms with Gasteiger partial charge in [-0.2, -0.15) is 5.10 Å². The molecular formula is C16H23N3O. The minimum atomic E-state index is 0.640. The zero-order valence-electron chi connectivity index (χ0n) is 12.4. The van der Waals surface area contributed by atoms with E-state index in [-0.39, 0.29) is 0 Å². The summed E-state index contributed by atoms with van der Waals surface area (Å²) in [4.78, 5) is 0. The Hall–Kier alpha value is -1.81. The molecule has 0 atom stereocenters. The maximum Gasteiger partial charge on any atom is 0.128 e. The lowest BCUT2D eigenvalue weighted by atomic mass is 10.1. The Morgan fingerprint density at radius 3 is 2.85 bits per heavy atom. The Morgan fingerprint density at radius 1 is 1.30 bits per heavy atom. The molecule has 4 heteroatoms. The van der Waals surface area contributed by atoms with Crippen LogP contribution in [0.25, 0.3) is 11.3 Å². The van der Waals surface area contributed by atoms with Gasteiger partial charge < -0.3 is 10.1 Å². The third-order valence-corrected chi connectivity index (χ3v) is 3.04. The standard InChI is InChI=1S/C16H23N3O/c1-4-20-15-8-6-5-7-14(15)16-13(11-18-19-16)10-17-9-12(2)3/h5-8,11-12,17H,4,9-10H2,1-3H3,(H,18,19). The van der Waals surface area contributed by atoms with Crippen LogP contribution in [-0.2, 0) is 6.54 Å². The van der Waals surface area contributed by atoms with E-state index in [9.17, 15) is 0 Å². The summed E-state index contributed by atoms with van der Waals surface area (Å²) < 4.78 is 5.69. The summed E-state index contributed by atoms with van der Waals surface area (Å²) in [7, 11) is 0. The van der Waals surface area contributed by atoms with Gasteiger partial charge in [0.25, 0.3) is 0 Å². The predicted molar refractivity (Wildman–Crippen MR) is 81.7 cm³/mol. The van der Waals surface area contributed by atoms with Crippen molar-refractivity contribution in [1.29, 1.82) is 0 Å². The van der Waals surface area contributed by atoms with E-state index in [1.165, 1.54) is 0 Å². The average molecular weight is 273 g/mol. The molecule has 0 radical (unpaired) electrons. The zero-order chi connectivity index (χ0) is 14.4.